The van der Waals surface area contributed by atoms with Crippen LogP contribution in [0.3, 0.4) is 0 Å². The Bertz CT molecular complexity index is 491. The zero-order valence-electron chi connectivity index (χ0n) is 8.53. The number of nitrogens with zero attached hydrogens (tertiary/aromatic N) is 1. The van der Waals surface area contributed by atoms with Gasteiger partial charge in [-0.25, -0.2) is 25.8 Å². The molecule has 0 radical (unpaired) electrons. The van der Waals surface area contributed by atoms with Gasteiger partial charge in [-0.1, -0.05) is 8.16 Å². The summed E-state index contributed by atoms with van der Waals surface area (Å²) in [5.74, 6) is -8.42. The van der Waals surface area contributed by atoms with Crippen molar-refractivity contribution in [2.24, 2.45) is 3.77 Å². The number of rotatable bonds is 6. The average Bonchev–Trinajstić information content (AvgIpc) is 2.14. The highest BCUT2D eigenvalue weighted by atomic mass is 32.3. The third-order valence-corrected chi connectivity index (χ3v) is 5.14. The van der Waals surface area contributed by atoms with Gasteiger partial charge in [0.25, 0.3) is 26.0 Å². The minimum absolute atomic E-state index is 0.0230. The van der Waals surface area contributed by atoms with E-state index in [1.807, 2.05) is 0 Å². The van der Waals surface area contributed by atoms with Gasteiger partial charge in [-0.2, -0.15) is 8.78 Å². The maximum atomic E-state index is 12.7. The summed E-state index contributed by atoms with van der Waals surface area (Å²) in [7, 11) is -11.3. The average molecular weight is 323 g/mol. The van der Waals surface area contributed by atoms with Gasteiger partial charge < -0.3 is 0 Å². The van der Waals surface area contributed by atoms with Crippen LogP contribution in [-0.2, 0) is 24.4 Å². The molecule has 0 N–H and O–H groups in total. The molecule has 0 aromatic rings. The lowest BCUT2D eigenvalue weighted by Gasteiger charge is -2.18. The first-order valence-electron chi connectivity index (χ1n) is 3.94. The summed E-state index contributed by atoms with van der Waals surface area (Å²) in [4.78, 5) is 0. The van der Waals surface area contributed by atoms with E-state index >= 15 is 0 Å². The van der Waals surface area contributed by atoms with Crippen molar-refractivity contribution in [1.29, 1.82) is 0 Å². The maximum Gasteiger partial charge on any atom is 0.346 e. The molecule has 0 bridgehead atoms. The first kappa shape index (κ1) is 17.4. The summed E-state index contributed by atoms with van der Waals surface area (Å²) in [6.07, 6.45) is 0. The molecule has 0 saturated heterocycles. The highest BCUT2D eigenvalue weighted by molar-refractivity contribution is 8.01. The van der Waals surface area contributed by atoms with E-state index in [0.29, 0.717) is 0 Å². The van der Waals surface area contributed by atoms with Crippen molar-refractivity contribution in [2.75, 3.05) is 6.67 Å². The van der Waals surface area contributed by atoms with Gasteiger partial charge in [-0.15, -0.1) is 0 Å². The van der Waals surface area contributed by atoms with E-state index in [0.717, 1.165) is 0 Å². The lowest BCUT2D eigenvalue weighted by atomic mass is 10.3. The Kier molecular flexibility index (Phi) is 5.43. The standard InChI is InChI=1S/C5H7F6NO4S2/c1-5(9,10)3(2-6)17(13,14)12-18(15,16-11)4(7)8/h3-4H,2H2,1H3. The molecule has 0 amide bonds. The molecule has 0 aliphatic carbocycles. The first-order valence-corrected chi connectivity index (χ1v) is 6.94. The summed E-state index contributed by atoms with van der Waals surface area (Å²) >= 11 is 0. The summed E-state index contributed by atoms with van der Waals surface area (Å²) in [5.41, 5.74) is 0. The Labute approximate surface area is 98.5 Å². The van der Waals surface area contributed by atoms with E-state index in [9.17, 15) is 39.1 Å². The maximum absolute atomic E-state index is 12.7. The Hall–Kier alpha value is -0.560. The summed E-state index contributed by atoms with van der Waals surface area (Å²) in [6, 6.07) is 0. The zero-order valence-corrected chi connectivity index (χ0v) is 10.2. The van der Waals surface area contributed by atoms with Crippen LogP contribution in [0, 0.1) is 0 Å². The Morgan fingerprint density at radius 2 is 1.72 bits per heavy atom. The van der Waals surface area contributed by atoms with E-state index in [4.69, 9.17) is 0 Å². The van der Waals surface area contributed by atoms with Crippen LogP contribution >= 0.6 is 0 Å². The predicted octanol–water partition coefficient (Wildman–Crippen LogP) is 1.82. The molecular formula is C5H7F6NO4S2. The van der Waals surface area contributed by atoms with Crippen LogP contribution in [0.4, 0.5) is 26.5 Å². The fourth-order valence-electron chi connectivity index (χ4n) is 0.745. The molecule has 2 atom stereocenters. The zero-order chi connectivity index (χ0) is 14.8. The molecule has 5 nitrogen and oxygen atoms in total. The van der Waals surface area contributed by atoms with Gasteiger partial charge in [0.15, 0.2) is 5.25 Å². The second-order valence-corrected chi connectivity index (χ2v) is 6.73. The quantitative estimate of drug-likeness (QED) is 0.699. The van der Waals surface area contributed by atoms with Gasteiger partial charge in [0.2, 0.25) is 0 Å². The number of alkyl halides is 5. The van der Waals surface area contributed by atoms with Crippen LogP contribution in [0.25, 0.3) is 0 Å². The van der Waals surface area contributed by atoms with E-state index in [2.05, 4.69) is 4.39 Å². The highest BCUT2D eigenvalue weighted by Crippen LogP contribution is 2.27. The summed E-state index contributed by atoms with van der Waals surface area (Å²) in [5, 5.41) is -3.17. The lowest BCUT2D eigenvalue weighted by Crippen LogP contribution is -2.39. The lowest BCUT2D eigenvalue weighted by molar-refractivity contribution is -0.00106. The minimum Gasteiger partial charge on any atom is -0.249 e. The smallest absolute Gasteiger partial charge is 0.249 e. The molecule has 0 fully saturated rings. The number of hydrogen-bond donors (Lipinski definition) is 0. The highest BCUT2D eigenvalue weighted by Gasteiger charge is 2.46. The van der Waals surface area contributed by atoms with Gasteiger partial charge in [-0.05, 0) is 4.53 Å². The Balaban J connectivity index is 5.83. The van der Waals surface area contributed by atoms with Crippen LogP contribution in [-0.4, -0.2) is 36.2 Å². The molecule has 0 aliphatic rings. The van der Waals surface area contributed by atoms with Gasteiger partial charge in [-0.3, -0.25) is 0 Å². The number of halogens is 6. The molecule has 0 aromatic heterocycles. The minimum atomic E-state index is -5.68. The van der Waals surface area contributed by atoms with Crippen LogP contribution < -0.4 is 0 Å². The van der Waals surface area contributed by atoms with Crippen molar-refractivity contribution >= 4 is 20.0 Å². The van der Waals surface area contributed by atoms with Crippen molar-refractivity contribution in [2.45, 2.75) is 23.9 Å². The second kappa shape index (κ2) is 5.61. The SMILES string of the molecule is CC(F)(F)C(CF)S(=O)(=O)N=S(=O)(OF)C(F)F. The third kappa shape index (κ3) is 3.98. The monoisotopic (exact) mass is 323 g/mol. The molecule has 0 spiro atoms. The number of hydrogen-bond acceptors (Lipinski definition) is 4. The van der Waals surface area contributed by atoms with Gasteiger partial charge >= 0.3 is 5.76 Å². The van der Waals surface area contributed by atoms with E-state index in [1.54, 1.807) is 3.77 Å². The molecule has 0 saturated carbocycles. The van der Waals surface area contributed by atoms with Crippen molar-refractivity contribution in [3.63, 3.8) is 0 Å². The molecule has 18 heavy (non-hydrogen) atoms. The third-order valence-electron chi connectivity index (χ3n) is 1.59. The fraction of sp³-hybridized carbons (Fsp3) is 1.00. The molecule has 0 aliphatic heterocycles. The van der Waals surface area contributed by atoms with Crippen molar-refractivity contribution in [3.05, 3.63) is 0 Å². The normalized spacial score (nSPS) is 18.4. The van der Waals surface area contributed by atoms with Crippen LogP contribution in [0.1, 0.15) is 6.92 Å². The summed E-state index contributed by atoms with van der Waals surface area (Å²) in [6.45, 7) is -2.22. The van der Waals surface area contributed by atoms with E-state index < -0.39 is 43.6 Å². The van der Waals surface area contributed by atoms with Crippen molar-refractivity contribution in [1.82, 2.24) is 0 Å². The second-order valence-electron chi connectivity index (χ2n) is 3.03. The fourth-order valence-corrected chi connectivity index (χ4v) is 3.41. The van der Waals surface area contributed by atoms with Crippen molar-refractivity contribution < 1.29 is 43.5 Å². The number of sulfonamides is 1. The van der Waals surface area contributed by atoms with Crippen LogP contribution in [0.5, 0.6) is 0 Å². The van der Waals surface area contributed by atoms with Crippen LogP contribution in [0.15, 0.2) is 3.77 Å². The molecule has 13 heteroatoms. The Morgan fingerprint density at radius 3 is 1.94 bits per heavy atom. The van der Waals surface area contributed by atoms with E-state index in [-0.39, 0.29) is 6.92 Å². The molecule has 110 valence electrons. The first-order chi connectivity index (χ1) is 7.90. The molecule has 2 unspecified atom stereocenters. The predicted molar refractivity (Wildman–Crippen MR) is 48.1 cm³/mol. The Morgan fingerprint density at radius 1 is 1.28 bits per heavy atom. The van der Waals surface area contributed by atoms with Gasteiger partial charge in [0, 0.05) is 6.92 Å². The molecule has 0 heterocycles. The summed E-state index contributed by atoms with van der Waals surface area (Å²) < 4.78 is 110. The van der Waals surface area contributed by atoms with Crippen LogP contribution in [0.2, 0.25) is 0 Å². The molecule has 0 aromatic carbocycles. The molecular weight excluding hydrogens is 316 g/mol. The van der Waals surface area contributed by atoms with Crippen molar-refractivity contribution in [3.8, 4) is 0 Å². The van der Waals surface area contributed by atoms with E-state index in [1.165, 1.54) is 0 Å². The topological polar surface area (TPSA) is 72.8 Å². The van der Waals surface area contributed by atoms with Gasteiger partial charge in [0.05, 0.1) is 0 Å². The molecule has 0 rings (SSSR count). The van der Waals surface area contributed by atoms with Gasteiger partial charge in [0.1, 0.15) is 6.67 Å². The largest absolute Gasteiger partial charge is 0.346 e.